The molecule has 1 fully saturated rings. The Bertz CT molecular complexity index is 1370. The van der Waals surface area contributed by atoms with Gasteiger partial charge in [-0.1, -0.05) is 13.8 Å². The van der Waals surface area contributed by atoms with Crippen LogP contribution in [0.5, 0.6) is 0 Å². The molecule has 1 aliphatic rings. The van der Waals surface area contributed by atoms with Crippen LogP contribution in [0.2, 0.25) is 0 Å². The van der Waals surface area contributed by atoms with Crippen molar-refractivity contribution in [1.82, 2.24) is 9.55 Å². The van der Waals surface area contributed by atoms with Gasteiger partial charge in [0.05, 0.1) is 18.8 Å². The molecule has 0 amide bonds. The number of phosphoric ester groups is 1. The first-order valence-corrected chi connectivity index (χ1v) is 15.7. The van der Waals surface area contributed by atoms with Crippen LogP contribution in [0.4, 0.5) is 14.0 Å². The molecule has 1 aliphatic heterocycles. The largest absolute Gasteiger partial charge is 0.510 e. The lowest BCUT2D eigenvalue weighted by atomic mass is 9.88. The quantitative estimate of drug-likeness (QED) is 0.0958. The number of aromatic nitrogens is 2. The molecule has 268 valence electrons. The SMILES string of the molecule is CC(C)OC(=O)OCOP(=O)(OCOC(=O)OC(C)C)OCC1(CF)OC(n2ccc(=O)[nH]c2=O)C(C)(O)C1OC(=O)C(N)C(C)C. The van der Waals surface area contributed by atoms with Gasteiger partial charge in [0, 0.05) is 12.3 Å². The third kappa shape index (κ3) is 10.8. The molecule has 2 rings (SSSR count). The second-order valence-corrected chi connectivity index (χ2v) is 13.0. The second-order valence-electron chi connectivity index (χ2n) is 11.3. The summed E-state index contributed by atoms with van der Waals surface area (Å²) < 4.78 is 74.7. The Morgan fingerprint density at radius 2 is 1.57 bits per heavy atom. The minimum Gasteiger partial charge on any atom is -0.455 e. The van der Waals surface area contributed by atoms with Gasteiger partial charge in [-0.05, 0) is 40.5 Å². The molecular formula is C26H41FN3O16P. The number of carbonyl (C=O) groups excluding carboxylic acids is 3. The molecule has 4 N–H and O–H groups in total. The highest BCUT2D eigenvalue weighted by atomic mass is 31.2. The lowest BCUT2D eigenvalue weighted by molar-refractivity contribution is -0.178. The fourth-order valence-electron chi connectivity index (χ4n) is 3.99. The lowest BCUT2D eigenvalue weighted by Crippen LogP contribution is -2.57. The van der Waals surface area contributed by atoms with Crippen molar-refractivity contribution in [2.75, 3.05) is 26.9 Å². The van der Waals surface area contributed by atoms with Crippen LogP contribution in [0.1, 0.15) is 54.7 Å². The first kappa shape index (κ1) is 39.8. The van der Waals surface area contributed by atoms with Crippen LogP contribution in [-0.2, 0) is 51.4 Å². The first-order chi connectivity index (χ1) is 21.8. The van der Waals surface area contributed by atoms with Gasteiger partial charge >= 0.3 is 31.8 Å². The molecule has 0 saturated carbocycles. The molecule has 1 saturated heterocycles. The Kier molecular flexibility index (Phi) is 14.1. The Hall–Kier alpha value is -3.39. The van der Waals surface area contributed by atoms with Gasteiger partial charge in [0.1, 0.15) is 18.3 Å². The normalized spacial score (nSPS) is 23.5. The predicted molar refractivity (Wildman–Crippen MR) is 154 cm³/mol. The molecule has 0 bridgehead atoms. The van der Waals surface area contributed by atoms with Crippen molar-refractivity contribution in [3.63, 3.8) is 0 Å². The van der Waals surface area contributed by atoms with Crippen molar-refractivity contribution in [2.45, 2.75) is 90.2 Å². The van der Waals surface area contributed by atoms with E-state index in [4.69, 9.17) is 38.3 Å². The summed E-state index contributed by atoms with van der Waals surface area (Å²) in [5, 5.41) is 11.6. The Balaban J connectivity index is 2.46. The topological polar surface area (TPSA) is 252 Å². The van der Waals surface area contributed by atoms with Crippen molar-refractivity contribution in [1.29, 1.82) is 0 Å². The number of ether oxygens (including phenoxy) is 6. The van der Waals surface area contributed by atoms with E-state index < -0.39 is 112 Å². The number of nitrogens with one attached hydrogen (secondary N) is 1. The molecule has 5 unspecified atom stereocenters. The van der Waals surface area contributed by atoms with Gasteiger partial charge in [0.15, 0.2) is 17.9 Å². The number of hydrogen-bond acceptors (Lipinski definition) is 17. The van der Waals surface area contributed by atoms with Gasteiger partial charge in [0.2, 0.25) is 13.6 Å². The average molecular weight is 702 g/mol. The molecule has 21 heteroatoms. The number of H-pyrrole nitrogens is 1. The van der Waals surface area contributed by atoms with Crippen LogP contribution in [0, 0.1) is 5.92 Å². The Morgan fingerprint density at radius 3 is 2.02 bits per heavy atom. The number of aromatic amines is 1. The first-order valence-electron chi connectivity index (χ1n) is 14.2. The minimum atomic E-state index is -5.03. The van der Waals surface area contributed by atoms with Crippen molar-refractivity contribution >= 4 is 26.1 Å². The summed E-state index contributed by atoms with van der Waals surface area (Å²) in [5.41, 5.74) is -0.993. The van der Waals surface area contributed by atoms with Crippen molar-refractivity contribution in [3.05, 3.63) is 33.1 Å². The van der Waals surface area contributed by atoms with Crippen LogP contribution in [0.3, 0.4) is 0 Å². The van der Waals surface area contributed by atoms with E-state index in [2.05, 4.69) is 9.47 Å². The number of nitrogens with two attached hydrogens (primary N) is 1. The van der Waals surface area contributed by atoms with Crippen LogP contribution in [0.25, 0.3) is 0 Å². The van der Waals surface area contributed by atoms with E-state index in [0.717, 1.165) is 19.2 Å². The second kappa shape index (κ2) is 16.6. The maximum absolute atomic E-state index is 15.1. The molecule has 0 aromatic carbocycles. The van der Waals surface area contributed by atoms with Crippen LogP contribution in [-0.4, -0.2) is 95.4 Å². The van der Waals surface area contributed by atoms with Crippen LogP contribution in [0.15, 0.2) is 21.9 Å². The molecule has 1 aromatic rings. The summed E-state index contributed by atoms with van der Waals surface area (Å²) in [6.07, 6.45) is -6.59. The molecule has 0 radical (unpaired) electrons. The van der Waals surface area contributed by atoms with Crippen LogP contribution >= 0.6 is 7.82 Å². The number of carbonyl (C=O) groups is 3. The van der Waals surface area contributed by atoms with Gasteiger partial charge in [-0.2, -0.15) is 0 Å². The van der Waals surface area contributed by atoms with Crippen LogP contribution < -0.4 is 17.0 Å². The lowest BCUT2D eigenvalue weighted by Gasteiger charge is -2.35. The molecule has 2 heterocycles. The Morgan fingerprint density at radius 1 is 1.04 bits per heavy atom. The monoisotopic (exact) mass is 701 g/mol. The maximum atomic E-state index is 15.1. The highest BCUT2D eigenvalue weighted by molar-refractivity contribution is 7.48. The van der Waals surface area contributed by atoms with E-state index in [1.165, 1.54) is 27.7 Å². The fourth-order valence-corrected chi connectivity index (χ4v) is 4.95. The summed E-state index contributed by atoms with van der Waals surface area (Å²) in [4.78, 5) is 62.7. The minimum absolute atomic E-state index is 0.477. The zero-order valence-electron chi connectivity index (χ0n) is 26.9. The van der Waals surface area contributed by atoms with Crippen molar-refractivity contribution < 1.29 is 70.4 Å². The van der Waals surface area contributed by atoms with E-state index in [1.807, 2.05) is 4.98 Å². The zero-order chi connectivity index (χ0) is 35.7. The maximum Gasteiger partial charge on any atom is 0.510 e. The number of nitrogens with zero attached hydrogens (tertiary/aromatic N) is 1. The molecule has 0 aliphatic carbocycles. The zero-order valence-corrected chi connectivity index (χ0v) is 27.8. The molecule has 19 nitrogen and oxygen atoms in total. The number of phosphoric acid groups is 1. The number of aliphatic hydroxyl groups is 1. The molecule has 47 heavy (non-hydrogen) atoms. The van der Waals surface area contributed by atoms with Gasteiger partial charge in [0.25, 0.3) is 5.56 Å². The average Bonchev–Trinajstić information content (AvgIpc) is 3.17. The smallest absolute Gasteiger partial charge is 0.455 e. The van der Waals surface area contributed by atoms with Crippen molar-refractivity contribution in [3.8, 4) is 0 Å². The number of esters is 1. The highest BCUT2D eigenvalue weighted by Gasteiger charge is 2.65. The standard InChI is InChI=1S/C26H41FN3O16P/c1-14(2)18(28)19(32)45-20-25(7,36)21(30-9-8-17(31)29-22(30)33)46-26(20,10-27)11-40-47(37,41-12-38-23(34)43-15(3)4)42-13-39-24(35)44-16(5)6/h8-9,14-16,18,20-21,36H,10-13,28H2,1-7H3,(H,29,31,33). The predicted octanol–water partition coefficient (Wildman–Crippen LogP) is 1.62. The van der Waals surface area contributed by atoms with Crippen molar-refractivity contribution in [2.24, 2.45) is 11.7 Å². The summed E-state index contributed by atoms with van der Waals surface area (Å²) in [5.74, 6) is -1.58. The number of rotatable bonds is 16. The summed E-state index contributed by atoms with van der Waals surface area (Å²) in [7, 11) is -5.03. The third-order valence-electron chi connectivity index (χ3n) is 6.32. The van der Waals surface area contributed by atoms with E-state index >= 15 is 4.39 Å². The summed E-state index contributed by atoms with van der Waals surface area (Å²) in [6, 6.07) is -0.352. The number of alkyl halides is 1. The Labute approximate surface area is 268 Å². The van der Waals surface area contributed by atoms with Gasteiger partial charge in [-0.3, -0.25) is 23.7 Å². The summed E-state index contributed by atoms with van der Waals surface area (Å²) in [6.45, 7) is 5.25. The molecule has 0 spiro atoms. The molecule has 5 atom stereocenters. The van der Waals surface area contributed by atoms with Gasteiger partial charge in [-0.15, -0.1) is 0 Å². The van der Waals surface area contributed by atoms with E-state index in [-0.39, 0.29) is 0 Å². The summed E-state index contributed by atoms with van der Waals surface area (Å²) >= 11 is 0. The van der Waals surface area contributed by atoms with E-state index in [9.17, 15) is 33.6 Å². The van der Waals surface area contributed by atoms with E-state index in [0.29, 0.717) is 4.57 Å². The molecular weight excluding hydrogens is 660 g/mol. The fraction of sp³-hybridized carbons (Fsp3) is 0.731. The van der Waals surface area contributed by atoms with Gasteiger partial charge < -0.3 is 39.3 Å². The third-order valence-corrected chi connectivity index (χ3v) is 7.60. The van der Waals surface area contributed by atoms with Gasteiger partial charge in [-0.25, -0.2) is 32.4 Å². The number of hydrogen-bond donors (Lipinski definition) is 3. The highest BCUT2D eigenvalue weighted by Crippen LogP contribution is 2.53. The molecule has 1 aromatic heterocycles. The van der Waals surface area contributed by atoms with E-state index in [1.54, 1.807) is 13.8 Å². The number of halogens is 1.